The van der Waals surface area contributed by atoms with Gasteiger partial charge in [0.2, 0.25) is 0 Å². The number of aryl methyl sites for hydroxylation is 1. The van der Waals surface area contributed by atoms with Crippen LogP contribution in [0.15, 0.2) is 18.2 Å². The minimum Gasteiger partial charge on any atom is -0.497 e. The third-order valence-electron chi connectivity index (χ3n) is 3.56. The highest BCUT2D eigenvalue weighted by atomic mass is 16.5. The van der Waals surface area contributed by atoms with Gasteiger partial charge in [-0.1, -0.05) is 19.9 Å². The minimum absolute atomic E-state index is 0.585. The second-order valence-electron chi connectivity index (χ2n) is 5.31. The standard InChI is InChI=1S/C15H23NO/c1-11(2)16-10-12-4-5-13-6-7-15(17-3)9-14(13)8-12/h6-7,9,11-12,16H,4-5,8,10H2,1-3H3. The van der Waals surface area contributed by atoms with Gasteiger partial charge in [0.25, 0.3) is 0 Å². The van der Waals surface area contributed by atoms with Gasteiger partial charge in [-0.05, 0) is 55.0 Å². The molecule has 0 fully saturated rings. The van der Waals surface area contributed by atoms with Crippen molar-refractivity contribution in [1.82, 2.24) is 5.32 Å². The normalized spacial score (nSPS) is 19.2. The molecule has 17 heavy (non-hydrogen) atoms. The first-order valence-corrected chi connectivity index (χ1v) is 6.58. The first-order valence-electron chi connectivity index (χ1n) is 6.58. The number of ether oxygens (including phenoxy) is 1. The van der Waals surface area contributed by atoms with Crippen molar-refractivity contribution in [2.24, 2.45) is 5.92 Å². The van der Waals surface area contributed by atoms with Gasteiger partial charge in [-0.15, -0.1) is 0 Å². The van der Waals surface area contributed by atoms with Crippen LogP contribution in [0.1, 0.15) is 31.4 Å². The summed E-state index contributed by atoms with van der Waals surface area (Å²) in [4.78, 5) is 0. The Morgan fingerprint density at radius 3 is 2.88 bits per heavy atom. The molecule has 0 saturated carbocycles. The molecule has 1 aromatic carbocycles. The number of hydrogen-bond donors (Lipinski definition) is 1. The molecule has 94 valence electrons. The van der Waals surface area contributed by atoms with Crippen LogP contribution in [0.2, 0.25) is 0 Å². The highest BCUT2D eigenvalue weighted by molar-refractivity contribution is 5.37. The van der Waals surface area contributed by atoms with Crippen LogP contribution in [0.25, 0.3) is 0 Å². The summed E-state index contributed by atoms with van der Waals surface area (Å²) in [5.74, 6) is 1.76. The summed E-state index contributed by atoms with van der Waals surface area (Å²) in [5, 5.41) is 3.54. The Hall–Kier alpha value is -1.02. The second-order valence-corrected chi connectivity index (χ2v) is 5.31. The van der Waals surface area contributed by atoms with Gasteiger partial charge in [-0.3, -0.25) is 0 Å². The maximum Gasteiger partial charge on any atom is 0.119 e. The molecule has 2 heteroatoms. The van der Waals surface area contributed by atoms with Gasteiger partial charge in [0, 0.05) is 6.04 Å². The molecule has 2 rings (SSSR count). The van der Waals surface area contributed by atoms with E-state index in [-0.39, 0.29) is 0 Å². The molecule has 1 atom stereocenters. The van der Waals surface area contributed by atoms with Gasteiger partial charge in [0.1, 0.15) is 5.75 Å². The number of nitrogens with one attached hydrogen (secondary N) is 1. The molecule has 0 aliphatic heterocycles. The molecule has 0 saturated heterocycles. The summed E-state index contributed by atoms with van der Waals surface area (Å²) < 4.78 is 5.30. The highest BCUT2D eigenvalue weighted by Gasteiger charge is 2.18. The average molecular weight is 233 g/mol. The van der Waals surface area contributed by atoms with Crippen LogP contribution in [0, 0.1) is 5.92 Å². The molecule has 0 amide bonds. The lowest BCUT2D eigenvalue weighted by Gasteiger charge is -2.26. The second kappa shape index (κ2) is 5.54. The van der Waals surface area contributed by atoms with E-state index in [0.717, 1.165) is 18.2 Å². The van der Waals surface area contributed by atoms with Crippen molar-refractivity contribution >= 4 is 0 Å². The summed E-state index contributed by atoms with van der Waals surface area (Å²) in [6, 6.07) is 7.09. The lowest BCUT2D eigenvalue weighted by molar-refractivity contribution is 0.398. The van der Waals surface area contributed by atoms with E-state index in [9.17, 15) is 0 Å². The number of fused-ring (bicyclic) bond motifs is 1. The van der Waals surface area contributed by atoms with E-state index in [0.29, 0.717) is 6.04 Å². The fourth-order valence-electron chi connectivity index (χ4n) is 2.51. The Labute approximate surface area is 104 Å². The predicted molar refractivity (Wildman–Crippen MR) is 71.6 cm³/mol. The average Bonchev–Trinajstić information content (AvgIpc) is 2.35. The molecule has 1 aliphatic rings. The van der Waals surface area contributed by atoms with Crippen molar-refractivity contribution in [2.75, 3.05) is 13.7 Å². The molecular weight excluding hydrogens is 210 g/mol. The molecule has 1 aliphatic carbocycles. The fourth-order valence-corrected chi connectivity index (χ4v) is 2.51. The van der Waals surface area contributed by atoms with E-state index in [1.807, 2.05) is 0 Å². The van der Waals surface area contributed by atoms with Gasteiger partial charge < -0.3 is 10.1 Å². The van der Waals surface area contributed by atoms with Gasteiger partial charge >= 0.3 is 0 Å². The van der Waals surface area contributed by atoms with Crippen LogP contribution in [-0.4, -0.2) is 19.7 Å². The SMILES string of the molecule is COc1ccc2c(c1)CC(CNC(C)C)CC2. The van der Waals surface area contributed by atoms with E-state index in [1.165, 1.54) is 30.4 Å². The Balaban J connectivity index is 2.01. The maximum atomic E-state index is 5.30. The van der Waals surface area contributed by atoms with Crippen LogP contribution < -0.4 is 10.1 Å². The lowest BCUT2D eigenvalue weighted by Crippen LogP contribution is -2.31. The largest absolute Gasteiger partial charge is 0.497 e. The Bertz CT molecular complexity index is 373. The summed E-state index contributed by atoms with van der Waals surface area (Å²) in [6.07, 6.45) is 3.70. The third kappa shape index (κ3) is 3.22. The van der Waals surface area contributed by atoms with E-state index >= 15 is 0 Å². The van der Waals surface area contributed by atoms with Crippen LogP contribution in [0.4, 0.5) is 0 Å². The highest BCUT2D eigenvalue weighted by Crippen LogP contribution is 2.28. The maximum absolute atomic E-state index is 5.30. The van der Waals surface area contributed by atoms with Crippen molar-refractivity contribution in [2.45, 2.75) is 39.2 Å². The molecule has 1 N–H and O–H groups in total. The van der Waals surface area contributed by atoms with Crippen molar-refractivity contribution in [3.05, 3.63) is 29.3 Å². The van der Waals surface area contributed by atoms with Crippen LogP contribution in [-0.2, 0) is 12.8 Å². The topological polar surface area (TPSA) is 21.3 Å². The molecule has 0 spiro atoms. The smallest absolute Gasteiger partial charge is 0.119 e. The minimum atomic E-state index is 0.585. The predicted octanol–water partition coefficient (Wildman–Crippen LogP) is 2.80. The molecule has 2 nitrogen and oxygen atoms in total. The van der Waals surface area contributed by atoms with Crippen LogP contribution in [0.5, 0.6) is 5.75 Å². The number of rotatable bonds is 4. The number of hydrogen-bond acceptors (Lipinski definition) is 2. The zero-order chi connectivity index (χ0) is 12.3. The molecular formula is C15H23NO. The van der Waals surface area contributed by atoms with Crippen molar-refractivity contribution in [3.63, 3.8) is 0 Å². The Morgan fingerprint density at radius 1 is 1.35 bits per heavy atom. The van der Waals surface area contributed by atoms with Crippen LogP contribution in [0.3, 0.4) is 0 Å². The molecule has 1 unspecified atom stereocenters. The van der Waals surface area contributed by atoms with E-state index in [1.54, 1.807) is 7.11 Å². The Morgan fingerprint density at radius 2 is 2.18 bits per heavy atom. The van der Waals surface area contributed by atoms with Crippen molar-refractivity contribution in [1.29, 1.82) is 0 Å². The Kier molecular flexibility index (Phi) is 4.06. The summed E-state index contributed by atoms with van der Waals surface area (Å²) >= 11 is 0. The first-order chi connectivity index (χ1) is 8.19. The zero-order valence-corrected chi connectivity index (χ0v) is 11.1. The first kappa shape index (κ1) is 12.4. The van der Waals surface area contributed by atoms with Gasteiger partial charge in [-0.2, -0.15) is 0 Å². The molecule has 0 heterocycles. The van der Waals surface area contributed by atoms with Gasteiger partial charge in [0.05, 0.1) is 7.11 Å². The third-order valence-corrected chi connectivity index (χ3v) is 3.56. The lowest BCUT2D eigenvalue weighted by atomic mass is 9.83. The molecule has 0 bridgehead atoms. The monoisotopic (exact) mass is 233 g/mol. The zero-order valence-electron chi connectivity index (χ0n) is 11.1. The number of methoxy groups -OCH3 is 1. The van der Waals surface area contributed by atoms with E-state index < -0.39 is 0 Å². The van der Waals surface area contributed by atoms with Crippen LogP contribution >= 0.6 is 0 Å². The fraction of sp³-hybridized carbons (Fsp3) is 0.600. The van der Waals surface area contributed by atoms with Gasteiger partial charge in [0.15, 0.2) is 0 Å². The summed E-state index contributed by atoms with van der Waals surface area (Å²) in [7, 11) is 1.74. The quantitative estimate of drug-likeness (QED) is 0.863. The molecule has 0 aromatic heterocycles. The molecule has 1 aromatic rings. The summed E-state index contributed by atoms with van der Waals surface area (Å²) in [6.45, 7) is 5.55. The van der Waals surface area contributed by atoms with E-state index in [2.05, 4.69) is 37.4 Å². The summed E-state index contributed by atoms with van der Waals surface area (Å²) in [5.41, 5.74) is 2.98. The van der Waals surface area contributed by atoms with Crippen molar-refractivity contribution in [3.8, 4) is 5.75 Å². The van der Waals surface area contributed by atoms with Crippen molar-refractivity contribution < 1.29 is 4.74 Å². The van der Waals surface area contributed by atoms with Gasteiger partial charge in [-0.25, -0.2) is 0 Å². The van der Waals surface area contributed by atoms with E-state index in [4.69, 9.17) is 4.74 Å². The molecule has 0 radical (unpaired) electrons. The number of benzene rings is 1.